The predicted molar refractivity (Wildman–Crippen MR) is 149 cm³/mol. The Morgan fingerprint density at radius 3 is 2.77 bits per heavy atom. The van der Waals surface area contributed by atoms with Crippen LogP contribution in [0.5, 0.6) is 0 Å². The van der Waals surface area contributed by atoms with Gasteiger partial charge in [-0.1, -0.05) is 19.1 Å². The van der Waals surface area contributed by atoms with Crippen LogP contribution < -0.4 is 21.2 Å². The number of hydrazone groups is 1. The smallest absolute Gasteiger partial charge is 0.323 e. The quantitative estimate of drug-likeness (QED) is 0.0996. The zero-order valence-corrected chi connectivity index (χ0v) is 23.5. The minimum Gasteiger partial charge on any atom is -0.480 e. The van der Waals surface area contributed by atoms with Crippen LogP contribution in [0.3, 0.4) is 0 Å². The molecule has 0 radical (unpaired) electrons. The van der Waals surface area contributed by atoms with Gasteiger partial charge in [0.05, 0.1) is 12.1 Å². The Morgan fingerprint density at radius 1 is 1.30 bits per heavy atom. The molecule has 1 aliphatic carbocycles. The summed E-state index contributed by atoms with van der Waals surface area (Å²) < 4.78 is 29.7. The van der Waals surface area contributed by atoms with Crippen LogP contribution in [0.4, 0.5) is 5.69 Å². The minimum atomic E-state index is -4.25. The molecule has 2 amide bonds. The number of nitrogens with two attached hydrogens (primary N) is 1. The predicted octanol–water partition coefficient (Wildman–Crippen LogP) is 0.134. The van der Waals surface area contributed by atoms with Crippen molar-refractivity contribution < 1.29 is 27.9 Å². The maximum Gasteiger partial charge on any atom is 0.323 e. The zero-order chi connectivity index (χ0) is 28.9. The van der Waals surface area contributed by atoms with Gasteiger partial charge in [0.1, 0.15) is 23.8 Å². The molecule has 2 heterocycles. The fourth-order valence-corrected chi connectivity index (χ4v) is 6.84. The summed E-state index contributed by atoms with van der Waals surface area (Å²) in [5.41, 5.74) is 1.34. The number of aliphatic carboxylic acids is 1. The van der Waals surface area contributed by atoms with E-state index in [2.05, 4.69) is 27.4 Å². The summed E-state index contributed by atoms with van der Waals surface area (Å²) >= 11 is 0. The van der Waals surface area contributed by atoms with Gasteiger partial charge in [0, 0.05) is 32.2 Å². The van der Waals surface area contributed by atoms with Crippen molar-refractivity contribution in [3.8, 4) is 0 Å². The Labute approximate surface area is 234 Å². The molecule has 220 valence electrons. The lowest BCUT2D eigenvalue weighted by Crippen LogP contribution is -2.52. The van der Waals surface area contributed by atoms with E-state index in [0.29, 0.717) is 50.5 Å². The number of carboxylic acid groups (broad SMARTS) is 1. The second-order valence-electron chi connectivity index (χ2n) is 11.0. The SMILES string of the molecule is CC1CNc2c(cccc2S(=O)(=O)N[C@@H](CC(=O)NC[C@@H]2CCCN(C=NN)C2)C(=O)N(CC(=O)O)C2CC2)C1. The molecule has 0 spiro atoms. The fourth-order valence-electron chi connectivity index (χ4n) is 5.42. The zero-order valence-electron chi connectivity index (χ0n) is 22.7. The van der Waals surface area contributed by atoms with Gasteiger partial charge in [-0.05, 0) is 55.6 Å². The van der Waals surface area contributed by atoms with Gasteiger partial charge in [-0.2, -0.15) is 9.82 Å². The van der Waals surface area contributed by atoms with E-state index in [1.807, 2.05) is 11.0 Å². The van der Waals surface area contributed by atoms with Crippen LogP contribution in [0.25, 0.3) is 0 Å². The lowest BCUT2D eigenvalue weighted by Gasteiger charge is -2.31. The number of benzene rings is 1. The van der Waals surface area contributed by atoms with Gasteiger partial charge in [-0.3, -0.25) is 14.4 Å². The molecule has 1 aromatic rings. The first-order valence-electron chi connectivity index (χ1n) is 13.7. The second kappa shape index (κ2) is 12.9. The monoisotopic (exact) mass is 577 g/mol. The van der Waals surface area contributed by atoms with Crippen LogP contribution >= 0.6 is 0 Å². The Hall–Kier alpha value is -3.39. The molecule has 1 saturated heterocycles. The van der Waals surface area contributed by atoms with Crippen LogP contribution in [0.15, 0.2) is 28.2 Å². The number of rotatable bonds is 12. The van der Waals surface area contributed by atoms with E-state index in [-0.39, 0.29) is 16.9 Å². The summed E-state index contributed by atoms with van der Waals surface area (Å²) in [6, 6.07) is 3.22. The van der Waals surface area contributed by atoms with E-state index >= 15 is 0 Å². The number of piperidine rings is 1. The second-order valence-corrected chi connectivity index (χ2v) is 12.7. The van der Waals surface area contributed by atoms with Gasteiger partial charge in [-0.25, -0.2) is 8.42 Å². The first kappa shape index (κ1) is 29.6. The van der Waals surface area contributed by atoms with Crippen molar-refractivity contribution in [2.45, 2.75) is 62.4 Å². The summed E-state index contributed by atoms with van der Waals surface area (Å²) in [5.74, 6) is 3.29. The molecule has 0 aromatic heterocycles. The van der Waals surface area contributed by atoms with Crippen LogP contribution in [-0.2, 0) is 30.8 Å². The Morgan fingerprint density at radius 2 is 2.08 bits per heavy atom. The van der Waals surface area contributed by atoms with Gasteiger partial charge in [0.15, 0.2) is 0 Å². The van der Waals surface area contributed by atoms with E-state index in [1.54, 1.807) is 12.4 Å². The molecule has 2 aliphatic heterocycles. The molecule has 1 saturated carbocycles. The number of carbonyl (C=O) groups is 3. The Bertz CT molecular complexity index is 1240. The van der Waals surface area contributed by atoms with Gasteiger partial charge in [-0.15, -0.1) is 0 Å². The van der Waals surface area contributed by atoms with Gasteiger partial charge < -0.3 is 31.4 Å². The third-order valence-corrected chi connectivity index (χ3v) is 9.04. The standard InChI is InChI=1S/C26H39N7O6S/c1-17-10-19-5-2-6-22(25(19)29-12-17)40(38,39)31-21(26(37)33(15-24(35)36)20-7-8-20)11-23(34)28-13-18-4-3-9-32(14-18)16-30-27/h2,5-6,16-18,20-21,29,31H,3-4,7-15,27H2,1H3,(H,28,34)(H,35,36)/t17?,18-,21-/m0/s1. The summed E-state index contributed by atoms with van der Waals surface area (Å²) in [7, 11) is -4.25. The number of nitrogens with one attached hydrogen (secondary N) is 3. The molecule has 13 nitrogen and oxygen atoms in total. The van der Waals surface area contributed by atoms with Crippen molar-refractivity contribution in [2.75, 3.05) is 38.0 Å². The van der Waals surface area contributed by atoms with E-state index in [0.717, 1.165) is 29.8 Å². The largest absolute Gasteiger partial charge is 0.480 e. The molecule has 40 heavy (non-hydrogen) atoms. The highest BCUT2D eigenvalue weighted by molar-refractivity contribution is 7.89. The van der Waals surface area contributed by atoms with Gasteiger partial charge >= 0.3 is 5.97 Å². The van der Waals surface area contributed by atoms with E-state index in [1.165, 1.54) is 6.07 Å². The molecule has 6 N–H and O–H groups in total. The first-order valence-corrected chi connectivity index (χ1v) is 15.2. The van der Waals surface area contributed by atoms with Crippen LogP contribution in [-0.4, -0.2) is 92.3 Å². The maximum absolute atomic E-state index is 13.6. The molecular weight excluding hydrogens is 538 g/mol. The van der Waals surface area contributed by atoms with Crippen LogP contribution in [0.2, 0.25) is 0 Å². The molecule has 0 bridgehead atoms. The first-order chi connectivity index (χ1) is 19.1. The normalized spacial score (nSPS) is 21.8. The van der Waals surface area contributed by atoms with Crippen molar-refractivity contribution in [3.05, 3.63) is 23.8 Å². The number of nitrogens with zero attached hydrogens (tertiary/aromatic N) is 3. The van der Waals surface area contributed by atoms with E-state index in [9.17, 15) is 27.9 Å². The summed E-state index contributed by atoms with van der Waals surface area (Å²) in [6.07, 6.45) is 4.87. The van der Waals surface area contributed by atoms with Crippen molar-refractivity contribution >= 4 is 39.8 Å². The fraction of sp³-hybridized carbons (Fsp3) is 0.615. The number of hydrogen-bond acceptors (Lipinski definition) is 8. The highest BCUT2D eigenvalue weighted by atomic mass is 32.2. The van der Waals surface area contributed by atoms with Crippen molar-refractivity contribution in [1.82, 2.24) is 19.8 Å². The Kier molecular flexibility index (Phi) is 9.51. The lowest BCUT2D eigenvalue weighted by atomic mass is 9.96. The number of amides is 2. The van der Waals surface area contributed by atoms with Crippen LogP contribution in [0, 0.1) is 11.8 Å². The van der Waals surface area contributed by atoms with E-state index < -0.39 is 46.8 Å². The average molecular weight is 578 g/mol. The number of anilines is 1. The van der Waals surface area contributed by atoms with Crippen molar-refractivity contribution in [2.24, 2.45) is 22.8 Å². The molecule has 1 unspecified atom stereocenters. The highest BCUT2D eigenvalue weighted by Gasteiger charge is 2.40. The van der Waals surface area contributed by atoms with E-state index in [4.69, 9.17) is 5.84 Å². The number of carboxylic acids is 1. The number of sulfonamides is 1. The maximum atomic E-state index is 13.6. The minimum absolute atomic E-state index is 0.00446. The molecular formula is C26H39N7O6S. The average Bonchev–Trinajstić information content (AvgIpc) is 3.75. The Balaban J connectivity index is 1.51. The number of carbonyl (C=O) groups excluding carboxylic acids is 2. The number of fused-ring (bicyclic) bond motifs is 1. The molecule has 14 heteroatoms. The lowest BCUT2D eigenvalue weighted by molar-refractivity contribution is -0.146. The third-order valence-electron chi connectivity index (χ3n) is 7.53. The molecule has 3 atom stereocenters. The number of para-hydroxylation sites is 1. The molecule has 2 fully saturated rings. The molecule has 1 aromatic carbocycles. The summed E-state index contributed by atoms with van der Waals surface area (Å²) in [4.78, 5) is 41.2. The molecule has 3 aliphatic rings. The summed E-state index contributed by atoms with van der Waals surface area (Å²) in [6.45, 7) is 3.93. The summed E-state index contributed by atoms with van der Waals surface area (Å²) in [5, 5.41) is 19.0. The van der Waals surface area contributed by atoms with Crippen LogP contribution in [0.1, 0.15) is 44.6 Å². The number of hydrogen-bond donors (Lipinski definition) is 5. The van der Waals surface area contributed by atoms with Gasteiger partial charge in [0.25, 0.3) is 0 Å². The third kappa shape index (κ3) is 7.62. The molecule has 4 rings (SSSR count). The highest BCUT2D eigenvalue weighted by Crippen LogP contribution is 2.32. The van der Waals surface area contributed by atoms with Crippen molar-refractivity contribution in [1.29, 1.82) is 0 Å². The number of likely N-dealkylation sites (tertiary alicyclic amines) is 1. The van der Waals surface area contributed by atoms with Crippen molar-refractivity contribution in [3.63, 3.8) is 0 Å². The topological polar surface area (TPSA) is 187 Å². The van der Waals surface area contributed by atoms with Gasteiger partial charge in [0.2, 0.25) is 21.8 Å².